The van der Waals surface area contributed by atoms with Crippen LogP contribution in [-0.4, -0.2) is 0 Å². The van der Waals surface area contributed by atoms with Gasteiger partial charge in [0.05, 0.1) is 0 Å². The summed E-state index contributed by atoms with van der Waals surface area (Å²) in [6.45, 7) is 2.27. The Hall–Kier alpha value is -2.21. The smallest absolute Gasteiger partial charge is 0.144 e. The minimum atomic E-state index is -0.807. The van der Waals surface area contributed by atoms with Gasteiger partial charge in [0.25, 0.3) is 0 Å². The Morgan fingerprint density at radius 3 is 1.94 bits per heavy atom. The molecule has 0 aromatic heterocycles. The van der Waals surface area contributed by atoms with Gasteiger partial charge in [0.1, 0.15) is 23.3 Å². The van der Waals surface area contributed by atoms with Gasteiger partial charge in [-0.25, -0.2) is 8.78 Å². The molecule has 0 spiro atoms. The Bertz CT molecular complexity index is 850. The van der Waals surface area contributed by atoms with Crippen molar-refractivity contribution in [1.82, 2.24) is 0 Å². The lowest BCUT2D eigenvalue weighted by Gasteiger charge is -2.28. The standard InChI is InChI=1S/C29H37F2N/c1-2-3-4-5-6-7-8-22-9-11-23(12-10-22)13-14-24-15-17-25(18-16-24)26-19-28(30)27(21-32)29(31)20-26/h15-20,22-23H,2-14H2,1H3/t22-,23-. The van der Waals surface area contributed by atoms with Crippen LogP contribution in [0.25, 0.3) is 11.1 Å². The summed E-state index contributed by atoms with van der Waals surface area (Å²) in [5.41, 5.74) is 1.99. The zero-order chi connectivity index (χ0) is 22.8. The largest absolute Gasteiger partial charge is 0.205 e. The van der Waals surface area contributed by atoms with Gasteiger partial charge in [-0.15, -0.1) is 0 Å². The summed E-state index contributed by atoms with van der Waals surface area (Å²) in [6.07, 6.45) is 17.6. The van der Waals surface area contributed by atoms with E-state index in [-0.39, 0.29) is 0 Å². The lowest BCUT2D eigenvalue weighted by molar-refractivity contribution is 0.248. The number of unbranched alkanes of at least 4 members (excludes halogenated alkanes) is 5. The van der Waals surface area contributed by atoms with Crippen molar-refractivity contribution < 1.29 is 8.78 Å². The van der Waals surface area contributed by atoms with Crippen LogP contribution in [0.4, 0.5) is 8.78 Å². The Morgan fingerprint density at radius 2 is 1.34 bits per heavy atom. The molecule has 0 atom stereocenters. The highest BCUT2D eigenvalue weighted by Gasteiger charge is 2.20. The van der Waals surface area contributed by atoms with Crippen LogP contribution in [0.1, 0.15) is 95.1 Å². The number of nitrogens with zero attached hydrogens (tertiary/aromatic N) is 1. The monoisotopic (exact) mass is 437 g/mol. The highest BCUT2D eigenvalue weighted by molar-refractivity contribution is 5.65. The average Bonchev–Trinajstić information content (AvgIpc) is 2.81. The molecule has 172 valence electrons. The zero-order valence-corrected chi connectivity index (χ0v) is 19.5. The molecule has 0 heterocycles. The van der Waals surface area contributed by atoms with Gasteiger partial charge >= 0.3 is 0 Å². The summed E-state index contributed by atoms with van der Waals surface area (Å²) in [5.74, 6) is 0.166. The Labute approximate surface area is 192 Å². The van der Waals surface area contributed by atoms with Crippen molar-refractivity contribution >= 4 is 0 Å². The molecule has 1 nitrogen and oxygen atoms in total. The molecule has 0 unspecified atom stereocenters. The molecule has 2 aromatic rings. The summed E-state index contributed by atoms with van der Waals surface area (Å²) in [7, 11) is 0. The number of aryl methyl sites for hydroxylation is 1. The van der Waals surface area contributed by atoms with Gasteiger partial charge in [-0.1, -0.05) is 102 Å². The maximum absolute atomic E-state index is 13.9. The van der Waals surface area contributed by atoms with E-state index in [9.17, 15) is 8.78 Å². The van der Waals surface area contributed by atoms with Crippen molar-refractivity contribution in [3.63, 3.8) is 0 Å². The molecule has 3 rings (SSSR count). The molecule has 0 amide bonds. The molecule has 0 aliphatic heterocycles. The number of nitriles is 1. The second-order valence-electron chi connectivity index (χ2n) is 9.61. The third kappa shape index (κ3) is 7.16. The maximum atomic E-state index is 13.9. The van der Waals surface area contributed by atoms with Crippen LogP contribution < -0.4 is 0 Å². The first-order valence-corrected chi connectivity index (χ1v) is 12.6. The first-order chi connectivity index (χ1) is 15.6. The molecular formula is C29H37F2N. The fourth-order valence-corrected chi connectivity index (χ4v) is 5.10. The van der Waals surface area contributed by atoms with E-state index in [0.717, 1.165) is 23.8 Å². The third-order valence-electron chi connectivity index (χ3n) is 7.21. The Kier molecular flexibility index (Phi) is 9.72. The molecule has 0 radical (unpaired) electrons. The summed E-state index contributed by atoms with van der Waals surface area (Å²) >= 11 is 0. The van der Waals surface area contributed by atoms with Gasteiger partial charge in [0.15, 0.2) is 0 Å². The van der Waals surface area contributed by atoms with Gasteiger partial charge in [-0.3, -0.25) is 0 Å². The molecule has 1 aliphatic carbocycles. The number of halogens is 2. The molecule has 32 heavy (non-hydrogen) atoms. The number of hydrogen-bond donors (Lipinski definition) is 0. The number of rotatable bonds is 11. The second-order valence-corrected chi connectivity index (χ2v) is 9.61. The maximum Gasteiger partial charge on any atom is 0.144 e. The summed E-state index contributed by atoms with van der Waals surface area (Å²) in [5, 5.41) is 8.82. The summed E-state index contributed by atoms with van der Waals surface area (Å²) in [6, 6.07) is 12.0. The van der Waals surface area contributed by atoms with Crippen LogP contribution >= 0.6 is 0 Å². The van der Waals surface area contributed by atoms with Crippen molar-refractivity contribution in [1.29, 1.82) is 5.26 Å². The summed E-state index contributed by atoms with van der Waals surface area (Å²) < 4.78 is 27.8. The molecule has 2 aromatic carbocycles. The highest BCUT2D eigenvalue weighted by Crippen LogP contribution is 2.34. The van der Waals surface area contributed by atoms with E-state index in [1.54, 1.807) is 6.07 Å². The predicted octanol–water partition coefficient (Wildman–Crippen LogP) is 8.99. The molecule has 1 aliphatic rings. The van der Waals surface area contributed by atoms with Crippen LogP contribution in [0.15, 0.2) is 36.4 Å². The fourth-order valence-electron chi connectivity index (χ4n) is 5.10. The lowest BCUT2D eigenvalue weighted by atomic mass is 9.77. The third-order valence-corrected chi connectivity index (χ3v) is 7.21. The van der Waals surface area contributed by atoms with Crippen LogP contribution in [0.2, 0.25) is 0 Å². The minimum absolute atomic E-state index is 0.467. The summed E-state index contributed by atoms with van der Waals surface area (Å²) in [4.78, 5) is 0. The SMILES string of the molecule is CCCCCCCC[C@H]1CC[C@H](CCc2ccc(-c3cc(F)c(C#N)c(F)c3)cc2)CC1. The van der Waals surface area contributed by atoms with E-state index < -0.39 is 17.2 Å². The van der Waals surface area contributed by atoms with Crippen molar-refractivity contribution in [2.45, 2.75) is 90.4 Å². The second kappa shape index (κ2) is 12.7. The van der Waals surface area contributed by atoms with Crippen LogP contribution in [-0.2, 0) is 6.42 Å². The Balaban J connectivity index is 1.40. The lowest BCUT2D eigenvalue weighted by Crippen LogP contribution is -2.15. The van der Waals surface area contributed by atoms with E-state index in [1.165, 1.54) is 94.7 Å². The molecule has 0 bridgehead atoms. The van der Waals surface area contributed by atoms with E-state index in [0.29, 0.717) is 5.56 Å². The van der Waals surface area contributed by atoms with Crippen molar-refractivity contribution in [2.75, 3.05) is 0 Å². The Morgan fingerprint density at radius 1 is 0.781 bits per heavy atom. The topological polar surface area (TPSA) is 23.8 Å². The molecule has 1 fully saturated rings. The molecule has 3 heteroatoms. The fraction of sp³-hybridized carbons (Fsp3) is 0.552. The first-order valence-electron chi connectivity index (χ1n) is 12.6. The van der Waals surface area contributed by atoms with Crippen molar-refractivity contribution in [3.8, 4) is 17.2 Å². The number of hydrogen-bond acceptors (Lipinski definition) is 1. The highest BCUT2D eigenvalue weighted by atomic mass is 19.1. The van der Waals surface area contributed by atoms with E-state index in [2.05, 4.69) is 19.1 Å². The van der Waals surface area contributed by atoms with Gasteiger partial charge in [0.2, 0.25) is 0 Å². The number of benzene rings is 2. The molecule has 1 saturated carbocycles. The molecule has 0 saturated heterocycles. The van der Waals surface area contributed by atoms with Gasteiger partial charge in [-0.05, 0) is 53.5 Å². The van der Waals surface area contributed by atoms with Gasteiger partial charge in [0, 0.05) is 0 Å². The zero-order valence-electron chi connectivity index (χ0n) is 19.5. The minimum Gasteiger partial charge on any atom is -0.205 e. The van der Waals surface area contributed by atoms with Crippen LogP contribution in [0, 0.1) is 34.8 Å². The van der Waals surface area contributed by atoms with Gasteiger partial charge in [-0.2, -0.15) is 5.26 Å². The predicted molar refractivity (Wildman–Crippen MR) is 128 cm³/mol. The molecular weight excluding hydrogens is 400 g/mol. The van der Waals surface area contributed by atoms with Crippen molar-refractivity contribution in [3.05, 3.63) is 59.2 Å². The average molecular weight is 438 g/mol. The molecule has 0 N–H and O–H groups in total. The quantitative estimate of drug-likeness (QED) is 0.322. The van der Waals surface area contributed by atoms with E-state index in [4.69, 9.17) is 5.26 Å². The normalized spacial score (nSPS) is 18.4. The van der Waals surface area contributed by atoms with Crippen molar-refractivity contribution in [2.24, 2.45) is 11.8 Å². The van der Waals surface area contributed by atoms with Crippen LogP contribution in [0.3, 0.4) is 0 Å². The van der Waals surface area contributed by atoms with Gasteiger partial charge < -0.3 is 0 Å². The van der Waals surface area contributed by atoms with E-state index in [1.807, 2.05) is 12.1 Å². The van der Waals surface area contributed by atoms with Crippen LogP contribution in [0.5, 0.6) is 0 Å². The first kappa shape index (κ1) is 24.4. The van der Waals surface area contributed by atoms with E-state index >= 15 is 0 Å².